The second-order valence-corrected chi connectivity index (χ2v) is 4.86. The van der Waals surface area contributed by atoms with Gasteiger partial charge in [-0.15, -0.1) is 0 Å². The fraction of sp³-hybridized carbons (Fsp3) is 0.538. The van der Waals surface area contributed by atoms with E-state index in [2.05, 4.69) is 21.3 Å². The highest BCUT2D eigenvalue weighted by Crippen LogP contribution is 2.27. The van der Waals surface area contributed by atoms with Crippen LogP contribution in [0.4, 0.5) is 5.82 Å². The molecule has 2 aliphatic heterocycles. The summed E-state index contributed by atoms with van der Waals surface area (Å²) in [6, 6.07) is 8.37. The largest absolute Gasteiger partial charge is 0.355 e. The van der Waals surface area contributed by atoms with Gasteiger partial charge in [0, 0.05) is 19.1 Å². The van der Waals surface area contributed by atoms with Gasteiger partial charge in [-0.25, -0.2) is 4.98 Å². The molecule has 2 fully saturated rings. The SMILES string of the molecule is N#Cc1cccc(N2CC3CCCNC3C2)n1. The normalized spacial score (nSPS) is 27.6. The van der Waals surface area contributed by atoms with Crippen LogP contribution >= 0.6 is 0 Å². The molecule has 2 unspecified atom stereocenters. The average molecular weight is 228 g/mol. The van der Waals surface area contributed by atoms with E-state index in [1.807, 2.05) is 12.1 Å². The van der Waals surface area contributed by atoms with Gasteiger partial charge >= 0.3 is 0 Å². The van der Waals surface area contributed by atoms with Crippen LogP contribution in [0.25, 0.3) is 0 Å². The van der Waals surface area contributed by atoms with Crippen molar-refractivity contribution in [3.05, 3.63) is 23.9 Å². The van der Waals surface area contributed by atoms with Crippen LogP contribution in [0.1, 0.15) is 18.5 Å². The first kappa shape index (κ1) is 10.5. The van der Waals surface area contributed by atoms with Gasteiger partial charge in [0.25, 0.3) is 0 Å². The van der Waals surface area contributed by atoms with E-state index in [-0.39, 0.29) is 0 Å². The first-order valence-electron chi connectivity index (χ1n) is 6.22. The number of fused-ring (bicyclic) bond motifs is 1. The van der Waals surface area contributed by atoms with E-state index in [0.29, 0.717) is 11.7 Å². The Bertz CT molecular complexity index is 437. The summed E-state index contributed by atoms with van der Waals surface area (Å²) < 4.78 is 0. The summed E-state index contributed by atoms with van der Waals surface area (Å²) in [5, 5.41) is 12.4. The average Bonchev–Trinajstić information content (AvgIpc) is 2.82. The number of rotatable bonds is 1. The molecule has 0 amide bonds. The Morgan fingerprint density at radius 3 is 3.18 bits per heavy atom. The Morgan fingerprint density at radius 1 is 1.41 bits per heavy atom. The zero-order valence-electron chi connectivity index (χ0n) is 9.76. The second kappa shape index (κ2) is 4.34. The predicted molar refractivity (Wildman–Crippen MR) is 65.7 cm³/mol. The number of nitrogens with one attached hydrogen (secondary N) is 1. The Labute approximate surface area is 101 Å². The monoisotopic (exact) mass is 228 g/mol. The molecule has 3 heterocycles. The van der Waals surface area contributed by atoms with Crippen molar-refractivity contribution in [2.45, 2.75) is 18.9 Å². The summed E-state index contributed by atoms with van der Waals surface area (Å²) >= 11 is 0. The van der Waals surface area contributed by atoms with Crippen molar-refractivity contribution in [2.24, 2.45) is 5.92 Å². The maximum absolute atomic E-state index is 8.87. The fourth-order valence-corrected chi connectivity index (χ4v) is 2.90. The molecule has 4 nitrogen and oxygen atoms in total. The van der Waals surface area contributed by atoms with Gasteiger partial charge in [-0.05, 0) is 37.4 Å². The number of nitrogens with zero attached hydrogens (tertiary/aromatic N) is 3. The highest BCUT2D eigenvalue weighted by molar-refractivity contribution is 5.43. The van der Waals surface area contributed by atoms with Crippen molar-refractivity contribution in [1.29, 1.82) is 5.26 Å². The van der Waals surface area contributed by atoms with E-state index >= 15 is 0 Å². The third-order valence-electron chi connectivity index (χ3n) is 3.77. The maximum Gasteiger partial charge on any atom is 0.142 e. The second-order valence-electron chi connectivity index (χ2n) is 4.86. The fourth-order valence-electron chi connectivity index (χ4n) is 2.90. The van der Waals surface area contributed by atoms with E-state index in [4.69, 9.17) is 5.26 Å². The van der Waals surface area contributed by atoms with Crippen LogP contribution < -0.4 is 10.2 Å². The molecule has 0 aliphatic carbocycles. The molecule has 0 radical (unpaired) electrons. The van der Waals surface area contributed by atoms with Crippen LogP contribution in [0, 0.1) is 17.2 Å². The van der Waals surface area contributed by atoms with Crippen molar-refractivity contribution in [2.75, 3.05) is 24.5 Å². The lowest BCUT2D eigenvalue weighted by Gasteiger charge is -2.24. The molecule has 1 aromatic rings. The predicted octanol–water partition coefficient (Wildman–Crippen LogP) is 1.14. The number of hydrogen-bond donors (Lipinski definition) is 1. The molecule has 17 heavy (non-hydrogen) atoms. The van der Waals surface area contributed by atoms with Crippen molar-refractivity contribution < 1.29 is 0 Å². The summed E-state index contributed by atoms with van der Waals surface area (Å²) in [7, 11) is 0. The lowest BCUT2D eigenvalue weighted by Crippen LogP contribution is -2.40. The zero-order chi connectivity index (χ0) is 11.7. The quantitative estimate of drug-likeness (QED) is 0.783. The molecule has 2 atom stereocenters. The number of piperidine rings is 1. The lowest BCUT2D eigenvalue weighted by molar-refractivity contribution is 0.340. The Morgan fingerprint density at radius 2 is 2.35 bits per heavy atom. The first-order valence-corrected chi connectivity index (χ1v) is 6.22. The van der Waals surface area contributed by atoms with Crippen molar-refractivity contribution in [1.82, 2.24) is 10.3 Å². The number of hydrogen-bond acceptors (Lipinski definition) is 4. The van der Waals surface area contributed by atoms with Gasteiger partial charge in [0.15, 0.2) is 0 Å². The summed E-state index contributed by atoms with van der Waals surface area (Å²) in [4.78, 5) is 6.67. The minimum atomic E-state index is 0.505. The molecule has 0 spiro atoms. The minimum Gasteiger partial charge on any atom is -0.355 e. The van der Waals surface area contributed by atoms with E-state index in [9.17, 15) is 0 Å². The molecule has 0 aromatic carbocycles. The Hall–Kier alpha value is -1.60. The summed E-state index contributed by atoms with van der Waals surface area (Å²) in [5.41, 5.74) is 0.505. The molecule has 3 rings (SSSR count). The lowest BCUT2D eigenvalue weighted by atomic mass is 9.94. The molecule has 4 heteroatoms. The number of pyridine rings is 1. The van der Waals surface area contributed by atoms with Gasteiger partial charge in [-0.1, -0.05) is 6.07 Å². The first-order chi connectivity index (χ1) is 8.36. The van der Waals surface area contributed by atoms with Gasteiger partial charge in [0.2, 0.25) is 0 Å². The smallest absolute Gasteiger partial charge is 0.142 e. The Kier molecular flexibility index (Phi) is 2.69. The van der Waals surface area contributed by atoms with Crippen molar-refractivity contribution in [3.8, 4) is 6.07 Å². The van der Waals surface area contributed by atoms with Crippen LogP contribution in [0.3, 0.4) is 0 Å². The van der Waals surface area contributed by atoms with Crippen molar-refractivity contribution in [3.63, 3.8) is 0 Å². The molecule has 2 saturated heterocycles. The molecule has 0 bridgehead atoms. The topological polar surface area (TPSA) is 52.0 Å². The molecular weight excluding hydrogens is 212 g/mol. The minimum absolute atomic E-state index is 0.505. The highest BCUT2D eigenvalue weighted by atomic mass is 15.2. The molecule has 1 N–H and O–H groups in total. The maximum atomic E-state index is 8.87. The molecule has 88 valence electrons. The van der Waals surface area contributed by atoms with E-state index < -0.39 is 0 Å². The van der Waals surface area contributed by atoms with Crippen LogP contribution in [0.5, 0.6) is 0 Å². The van der Waals surface area contributed by atoms with Crippen LogP contribution in [0.15, 0.2) is 18.2 Å². The molecule has 2 aliphatic rings. The van der Waals surface area contributed by atoms with Crippen LogP contribution in [-0.2, 0) is 0 Å². The van der Waals surface area contributed by atoms with Gasteiger partial charge in [-0.3, -0.25) is 0 Å². The van der Waals surface area contributed by atoms with E-state index in [0.717, 1.165) is 31.4 Å². The number of anilines is 1. The van der Waals surface area contributed by atoms with Gasteiger partial charge < -0.3 is 10.2 Å². The Balaban J connectivity index is 1.79. The summed E-state index contributed by atoms with van der Waals surface area (Å²) in [6.07, 6.45) is 2.59. The van der Waals surface area contributed by atoms with Gasteiger partial charge in [0.1, 0.15) is 17.6 Å². The highest BCUT2D eigenvalue weighted by Gasteiger charge is 2.34. The van der Waals surface area contributed by atoms with Gasteiger partial charge in [0.05, 0.1) is 0 Å². The molecule has 1 aromatic heterocycles. The van der Waals surface area contributed by atoms with Crippen LogP contribution in [0.2, 0.25) is 0 Å². The van der Waals surface area contributed by atoms with E-state index in [1.165, 1.54) is 12.8 Å². The van der Waals surface area contributed by atoms with E-state index in [1.54, 1.807) is 6.07 Å². The summed E-state index contributed by atoms with van der Waals surface area (Å²) in [6.45, 7) is 3.23. The zero-order valence-corrected chi connectivity index (χ0v) is 9.76. The standard InChI is InChI=1S/C13H16N4/c14-7-11-4-1-5-13(16-11)17-8-10-3-2-6-15-12(10)9-17/h1,4-5,10,12,15H,2-3,6,8-9H2. The van der Waals surface area contributed by atoms with Crippen LogP contribution in [-0.4, -0.2) is 30.7 Å². The third kappa shape index (κ3) is 1.98. The third-order valence-corrected chi connectivity index (χ3v) is 3.77. The summed E-state index contributed by atoms with van der Waals surface area (Å²) in [5.74, 6) is 1.69. The number of aromatic nitrogens is 1. The van der Waals surface area contributed by atoms with Crippen molar-refractivity contribution >= 4 is 5.82 Å². The molecule has 0 saturated carbocycles. The number of nitriles is 1. The van der Waals surface area contributed by atoms with Gasteiger partial charge in [-0.2, -0.15) is 5.26 Å². The molecular formula is C13H16N4.